The summed E-state index contributed by atoms with van der Waals surface area (Å²) in [6, 6.07) is 5.22. The zero-order valence-electron chi connectivity index (χ0n) is 12.3. The second kappa shape index (κ2) is 7.03. The van der Waals surface area contributed by atoms with Crippen LogP contribution < -0.4 is 5.48 Å². The summed E-state index contributed by atoms with van der Waals surface area (Å²) in [5.41, 5.74) is 1.48. The number of carbonyl (C=O) groups excluding carboxylic acids is 2. The van der Waals surface area contributed by atoms with Gasteiger partial charge in [0.05, 0.1) is 7.11 Å². The van der Waals surface area contributed by atoms with E-state index in [1.54, 1.807) is 20.8 Å². The van der Waals surface area contributed by atoms with Gasteiger partial charge < -0.3 is 9.47 Å². The van der Waals surface area contributed by atoms with Gasteiger partial charge in [-0.2, -0.15) is 5.48 Å². The first-order valence-electron chi connectivity index (χ1n) is 6.21. The van der Waals surface area contributed by atoms with Crippen molar-refractivity contribution in [2.75, 3.05) is 7.11 Å². The topological polar surface area (TPSA) is 73.9 Å². The summed E-state index contributed by atoms with van der Waals surface area (Å²) < 4.78 is 22.7. The van der Waals surface area contributed by atoms with E-state index in [9.17, 15) is 14.0 Å². The number of rotatable bonds is 4. The number of amides is 1. The summed E-state index contributed by atoms with van der Waals surface area (Å²) in [6.07, 6.45) is -2.16. The molecule has 0 radical (unpaired) electrons. The fraction of sp³-hybridized carbons (Fsp3) is 0.429. The number of benzene rings is 1. The van der Waals surface area contributed by atoms with Crippen LogP contribution in [0.3, 0.4) is 0 Å². The summed E-state index contributed by atoms with van der Waals surface area (Å²) in [4.78, 5) is 28.1. The van der Waals surface area contributed by atoms with Crippen molar-refractivity contribution in [1.29, 1.82) is 0 Å². The van der Waals surface area contributed by atoms with Gasteiger partial charge in [0.15, 0.2) is 0 Å². The van der Waals surface area contributed by atoms with E-state index < -0.39 is 29.6 Å². The minimum atomic E-state index is -1.29. The van der Waals surface area contributed by atoms with Crippen LogP contribution in [0.5, 0.6) is 0 Å². The monoisotopic (exact) mass is 299 g/mol. The van der Waals surface area contributed by atoms with Gasteiger partial charge in [0.25, 0.3) is 0 Å². The van der Waals surface area contributed by atoms with E-state index in [2.05, 4.69) is 4.74 Å². The standard InChI is InChI=1S/C14H18FNO5/c1-14(2,3)20-13(18)16-21-11(12(17)19-4)9-6-5-7-10(15)8-9/h5-8,11H,1-4H3,(H,16,18). The van der Waals surface area contributed by atoms with E-state index in [4.69, 9.17) is 9.57 Å². The number of hydroxylamine groups is 1. The first-order chi connectivity index (χ1) is 9.73. The maximum atomic E-state index is 13.2. The number of halogens is 1. The summed E-state index contributed by atoms with van der Waals surface area (Å²) in [6.45, 7) is 5.03. The van der Waals surface area contributed by atoms with Crippen molar-refractivity contribution in [3.63, 3.8) is 0 Å². The normalized spacial score (nSPS) is 12.4. The van der Waals surface area contributed by atoms with Crippen LogP contribution >= 0.6 is 0 Å². The Morgan fingerprint density at radius 1 is 1.29 bits per heavy atom. The van der Waals surface area contributed by atoms with E-state index in [1.807, 2.05) is 5.48 Å². The van der Waals surface area contributed by atoms with Gasteiger partial charge in [-0.3, -0.25) is 4.84 Å². The van der Waals surface area contributed by atoms with Gasteiger partial charge in [0.1, 0.15) is 11.4 Å². The molecule has 0 fully saturated rings. The molecule has 0 aliphatic carbocycles. The fourth-order valence-electron chi connectivity index (χ4n) is 1.43. The largest absolute Gasteiger partial charge is 0.467 e. The Hall–Kier alpha value is -2.15. The van der Waals surface area contributed by atoms with Crippen LogP contribution in [0.4, 0.5) is 9.18 Å². The zero-order chi connectivity index (χ0) is 16.0. The van der Waals surface area contributed by atoms with E-state index in [0.29, 0.717) is 0 Å². The third kappa shape index (κ3) is 5.78. The van der Waals surface area contributed by atoms with Crippen LogP contribution in [0.25, 0.3) is 0 Å². The van der Waals surface area contributed by atoms with E-state index in [1.165, 1.54) is 18.2 Å². The lowest BCUT2D eigenvalue weighted by molar-refractivity contribution is -0.159. The number of hydrogen-bond acceptors (Lipinski definition) is 5. The van der Waals surface area contributed by atoms with Crippen LogP contribution in [0.1, 0.15) is 32.4 Å². The quantitative estimate of drug-likeness (QED) is 0.683. The molecule has 1 aromatic carbocycles. The summed E-state index contributed by atoms with van der Waals surface area (Å²) in [5.74, 6) is -1.32. The lowest BCUT2D eigenvalue weighted by atomic mass is 10.1. The Labute approximate surface area is 122 Å². The van der Waals surface area contributed by atoms with Crippen LogP contribution in [0.2, 0.25) is 0 Å². The molecule has 1 unspecified atom stereocenters. The van der Waals surface area contributed by atoms with Crippen LogP contribution in [-0.2, 0) is 19.1 Å². The van der Waals surface area contributed by atoms with Gasteiger partial charge in [-0.1, -0.05) is 12.1 Å². The average Bonchev–Trinajstić information content (AvgIpc) is 2.36. The first kappa shape index (κ1) is 16.9. The predicted octanol–water partition coefficient (Wildman–Crippen LogP) is 2.50. The SMILES string of the molecule is COC(=O)C(ONC(=O)OC(C)(C)C)c1cccc(F)c1. The molecule has 0 bridgehead atoms. The van der Waals surface area contributed by atoms with E-state index in [0.717, 1.165) is 13.2 Å². The van der Waals surface area contributed by atoms with Gasteiger partial charge >= 0.3 is 12.1 Å². The third-order valence-corrected chi connectivity index (χ3v) is 2.23. The predicted molar refractivity (Wildman–Crippen MR) is 71.6 cm³/mol. The van der Waals surface area contributed by atoms with Crippen molar-refractivity contribution in [1.82, 2.24) is 5.48 Å². The van der Waals surface area contributed by atoms with Crippen LogP contribution in [0.15, 0.2) is 24.3 Å². The van der Waals surface area contributed by atoms with E-state index in [-0.39, 0.29) is 5.56 Å². The third-order valence-electron chi connectivity index (χ3n) is 2.23. The molecule has 0 aromatic heterocycles. The lowest BCUT2D eigenvalue weighted by Gasteiger charge is -2.21. The number of esters is 1. The average molecular weight is 299 g/mol. The molecule has 116 valence electrons. The minimum absolute atomic E-state index is 0.206. The smallest absolute Gasteiger partial charge is 0.431 e. The summed E-state index contributed by atoms with van der Waals surface area (Å²) >= 11 is 0. The molecule has 1 N–H and O–H groups in total. The molecule has 0 aliphatic heterocycles. The second-order valence-corrected chi connectivity index (χ2v) is 5.18. The number of hydrogen-bond donors (Lipinski definition) is 1. The highest BCUT2D eigenvalue weighted by atomic mass is 19.1. The number of nitrogens with one attached hydrogen (secondary N) is 1. The highest BCUT2D eigenvalue weighted by molar-refractivity contribution is 5.76. The highest BCUT2D eigenvalue weighted by Crippen LogP contribution is 2.19. The molecule has 0 saturated carbocycles. The molecule has 1 rings (SSSR count). The van der Waals surface area contributed by atoms with Crippen molar-refractivity contribution >= 4 is 12.1 Å². The molecule has 6 nitrogen and oxygen atoms in total. The number of methoxy groups -OCH3 is 1. The molecule has 0 saturated heterocycles. The van der Waals surface area contributed by atoms with Crippen LogP contribution in [-0.4, -0.2) is 24.8 Å². The van der Waals surface area contributed by atoms with Gasteiger partial charge in [-0.25, -0.2) is 14.0 Å². The first-order valence-corrected chi connectivity index (χ1v) is 6.21. The molecule has 21 heavy (non-hydrogen) atoms. The van der Waals surface area contributed by atoms with Crippen LogP contribution in [0, 0.1) is 5.82 Å². The zero-order valence-corrected chi connectivity index (χ0v) is 12.3. The summed E-state index contributed by atoms with van der Waals surface area (Å²) in [7, 11) is 1.16. The Morgan fingerprint density at radius 3 is 2.48 bits per heavy atom. The van der Waals surface area contributed by atoms with Gasteiger partial charge in [-0.15, -0.1) is 0 Å². The molecule has 7 heteroatoms. The molecule has 0 heterocycles. The molecule has 1 atom stereocenters. The Bertz CT molecular complexity index is 512. The Kier molecular flexibility index (Phi) is 5.66. The fourth-order valence-corrected chi connectivity index (χ4v) is 1.43. The molecular formula is C14H18FNO5. The van der Waals surface area contributed by atoms with Crippen molar-refractivity contribution in [2.24, 2.45) is 0 Å². The van der Waals surface area contributed by atoms with Crippen molar-refractivity contribution in [3.05, 3.63) is 35.6 Å². The molecule has 0 spiro atoms. The van der Waals surface area contributed by atoms with Crippen molar-refractivity contribution in [3.8, 4) is 0 Å². The molecular weight excluding hydrogens is 281 g/mol. The van der Waals surface area contributed by atoms with Crippen molar-refractivity contribution in [2.45, 2.75) is 32.5 Å². The number of ether oxygens (including phenoxy) is 2. The van der Waals surface area contributed by atoms with Crippen molar-refractivity contribution < 1.29 is 28.3 Å². The van der Waals surface area contributed by atoms with Gasteiger partial charge in [-0.05, 0) is 38.5 Å². The summed E-state index contributed by atoms with van der Waals surface area (Å²) in [5, 5.41) is 0. The van der Waals surface area contributed by atoms with E-state index >= 15 is 0 Å². The molecule has 1 amide bonds. The molecule has 1 aromatic rings. The second-order valence-electron chi connectivity index (χ2n) is 5.18. The number of carbonyl (C=O) groups is 2. The maximum absolute atomic E-state index is 13.2. The Morgan fingerprint density at radius 2 is 1.95 bits per heavy atom. The Balaban J connectivity index is 2.77. The molecule has 0 aliphatic rings. The van der Waals surface area contributed by atoms with Gasteiger partial charge in [0.2, 0.25) is 6.10 Å². The minimum Gasteiger partial charge on any atom is -0.467 e. The highest BCUT2D eigenvalue weighted by Gasteiger charge is 2.25. The maximum Gasteiger partial charge on any atom is 0.431 e. The van der Waals surface area contributed by atoms with Gasteiger partial charge in [0, 0.05) is 0 Å². The lowest BCUT2D eigenvalue weighted by Crippen LogP contribution is -2.35.